The molecule has 0 saturated carbocycles. The predicted octanol–water partition coefficient (Wildman–Crippen LogP) is 11.4. The molecule has 0 radical (unpaired) electrons. The molecule has 2 N–H and O–H groups in total. The van der Waals surface area contributed by atoms with Crippen molar-refractivity contribution in [3.05, 3.63) is 190 Å². The second kappa shape index (κ2) is 18.2. The summed E-state index contributed by atoms with van der Waals surface area (Å²) in [7, 11) is 0. The molecule has 310 valence electrons. The maximum Gasteiger partial charge on any atom is 0.257 e. The fourth-order valence-corrected chi connectivity index (χ4v) is 8.23. The molecular formula is C48H37F5N2O5S. The van der Waals surface area contributed by atoms with Crippen molar-refractivity contribution in [1.29, 1.82) is 0 Å². The summed E-state index contributed by atoms with van der Waals surface area (Å²) in [6, 6.07) is 41.6. The van der Waals surface area contributed by atoms with Gasteiger partial charge in [-0.3, -0.25) is 4.79 Å². The number of hydrogen-bond donors (Lipinski definition) is 2. The van der Waals surface area contributed by atoms with E-state index in [1.165, 1.54) is 11.8 Å². The third kappa shape index (κ3) is 8.73. The van der Waals surface area contributed by atoms with Gasteiger partial charge in [0.2, 0.25) is 5.82 Å². The lowest BCUT2D eigenvalue weighted by molar-refractivity contribution is -0.268. The number of nitrogens with zero attached hydrogens (tertiary/aromatic N) is 1. The van der Waals surface area contributed by atoms with Crippen LogP contribution in [0.4, 0.5) is 22.0 Å². The van der Waals surface area contributed by atoms with Gasteiger partial charge >= 0.3 is 0 Å². The fourth-order valence-electron chi connectivity index (χ4n) is 7.25. The van der Waals surface area contributed by atoms with Crippen LogP contribution in [0.15, 0.2) is 143 Å². The number of thioether (sulfide) groups is 1. The third-order valence-electron chi connectivity index (χ3n) is 10.6. The molecule has 61 heavy (non-hydrogen) atoms. The molecule has 0 spiro atoms. The second-order valence-corrected chi connectivity index (χ2v) is 15.4. The lowest BCUT2D eigenvalue weighted by Gasteiger charge is -2.41. The number of benzene rings is 6. The average molecular weight is 849 g/mol. The summed E-state index contributed by atoms with van der Waals surface area (Å²) in [6.45, 7) is 1.70. The number of carbonyl (C=O) groups excluding carboxylic acids is 1. The maximum atomic E-state index is 14.3. The van der Waals surface area contributed by atoms with Gasteiger partial charge in [-0.15, -0.1) is 0 Å². The van der Waals surface area contributed by atoms with Crippen LogP contribution in [0.3, 0.4) is 0 Å². The largest absolute Gasteiger partial charge is 0.431 e. The zero-order chi connectivity index (χ0) is 42.6. The quantitative estimate of drug-likeness (QED) is 0.0547. The maximum absolute atomic E-state index is 14.3. The van der Waals surface area contributed by atoms with Crippen LogP contribution in [0.25, 0.3) is 33.7 Å². The van der Waals surface area contributed by atoms with Gasteiger partial charge in [-0.05, 0) is 27.8 Å². The highest BCUT2D eigenvalue weighted by Crippen LogP contribution is 2.44. The van der Waals surface area contributed by atoms with Crippen molar-refractivity contribution in [3.63, 3.8) is 0 Å². The van der Waals surface area contributed by atoms with Crippen LogP contribution in [-0.4, -0.2) is 27.9 Å². The minimum atomic E-state index is -2.35. The molecule has 0 aliphatic carbocycles. The number of aliphatic hydroxyl groups is 1. The molecule has 1 aromatic heterocycles. The first-order chi connectivity index (χ1) is 29.6. The number of hydrogen-bond acceptors (Lipinski definition) is 7. The third-order valence-corrected chi connectivity index (χ3v) is 11.5. The molecule has 6 aromatic carbocycles. The van der Waals surface area contributed by atoms with Crippen molar-refractivity contribution >= 4 is 17.7 Å². The van der Waals surface area contributed by atoms with Crippen LogP contribution >= 0.6 is 11.8 Å². The number of aromatic nitrogens is 1. The number of carbonyl (C=O) groups is 1. The first kappa shape index (κ1) is 41.6. The lowest BCUT2D eigenvalue weighted by Crippen LogP contribution is -2.38. The number of aliphatic hydroxyl groups excluding tert-OH is 1. The molecule has 13 heteroatoms. The molecule has 2 heterocycles. The lowest BCUT2D eigenvalue weighted by atomic mass is 9.91. The summed E-state index contributed by atoms with van der Waals surface area (Å²) in [5.41, 5.74) is 5.30. The van der Waals surface area contributed by atoms with Gasteiger partial charge in [0.25, 0.3) is 11.1 Å². The van der Waals surface area contributed by atoms with Crippen molar-refractivity contribution in [1.82, 2.24) is 10.3 Å². The Morgan fingerprint density at radius 3 is 1.93 bits per heavy atom. The van der Waals surface area contributed by atoms with Crippen molar-refractivity contribution < 1.29 is 45.7 Å². The predicted molar refractivity (Wildman–Crippen MR) is 220 cm³/mol. The number of oxazole rings is 1. The van der Waals surface area contributed by atoms with Gasteiger partial charge in [-0.2, -0.15) is 0 Å². The highest BCUT2D eigenvalue weighted by Gasteiger charge is 2.39. The Balaban J connectivity index is 1.03. The van der Waals surface area contributed by atoms with Crippen LogP contribution in [0.1, 0.15) is 51.9 Å². The molecule has 7 aromatic rings. The first-order valence-corrected chi connectivity index (χ1v) is 20.3. The van der Waals surface area contributed by atoms with Crippen LogP contribution in [0.2, 0.25) is 0 Å². The van der Waals surface area contributed by atoms with E-state index in [0.717, 1.165) is 27.9 Å². The Bertz CT molecular complexity index is 2560. The monoisotopic (exact) mass is 848 g/mol. The van der Waals surface area contributed by atoms with E-state index in [1.807, 2.05) is 109 Å². The zero-order valence-corrected chi connectivity index (χ0v) is 33.3. The van der Waals surface area contributed by atoms with E-state index in [4.69, 9.17) is 18.9 Å². The summed E-state index contributed by atoms with van der Waals surface area (Å²) in [4.78, 5) is 17.6. The summed E-state index contributed by atoms with van der Waals surface area (Å²) in [6.07, 6.45) is -1.51. The summed E-state index contributed by atoms with van der Waals surface area (Å²) < 4.78 is 89.7. The first-order valence-electron chi connectivity index (χ1n) is 19.3. The molecule has 1 amide bonds. The van der Waals surface area contributed by atoms with Crippen molar-refractivity contribution in [2.75, 3.05) is 5.75 Å². The van der Waals surface area contributed by atoms with Crippen molar-refractivity contribution in [2.24, 2.45) is 5.92 Å². The Labute approximate surface area is 352 Å². The molecule has 1 aliphatic rings. The Kier molecular flexibility index (Phi) is 12.4. The number of ether oxygens (including phenoxy) is 2. The highest BCUT2D eigenvalue weighted by atomic mass is 32.2. The molecular weight excluding hydrogens is 812 g/mol. The Morgan fingerprint density at radius 2 is 1.28 bits per heavy atom. The van der Waals surface area contributed by atoms with E-state index < -0.39 is 46.8 Å². The Morgan fingerprint density at radius 1 is 0.689 bits per heavy atom. The summed E-state index contributed by atoms with van der Waals surface area (Å²) in [5, 5.41) is 12.5. The smallest absolute Gasteiger partial charge is 0.257 e. The van der Waals surface area contributed by atoms with Gasteiger partial charge in [0, 0.05) is 34.9 Å². The number of halogens is 5. The number of rotatable bonds is 12. The van der Waals surface area contributed by atoms with Crippen LogP contribution in [0.5, 0.6) is 0 Å². The molecule has 7 nitrogen and oxygen atoms in total. The van der Waals surface area contributed by atoms with Gasteiger partial charge in [0.1, 0.15) is 11.3 Å². The van der Waals surface area contributed by atoms with Crippen LogP contribution in [-0.2, 0) is 22.6 Å². The highest BCUT2D eigenvalue weighted by molar-refractivity contribution is 7.99. The average Bonchev–Trinajstić information content (AvgIpc) is 3.74. The van der Waals surface area contributed by atoms with Gasteiger partial charge in [-0.25, -0.2) is 26.9 Å². The van der Waals surface area contributed by atoms with Crippen LogP contribution in [0, 0.1) is 35.0 Å². The second-order valence-electron chi connectivity index (χ2n) is 14.4. The minimum absolute atomic E-state index is 0.0917. The molecule has 0 unspecified atom stereocenters. The van der Waals surface area contributed by atoms with Crippen molar-refractivity contribution in [2.45, 2.75) is 43.8 Å². The SMILES string of the molecule is C[C@H]1[C@@H](CSc2nc(-c3ccccc3)c(-c3ccccc3)o2)O[C@@H](c2ccc(-c3ccccc3CNC(=O)c3c(F)c(F)c(F)c(F)c3F)cc2)O[C@H]1c1ccc(CO)cc1. The van der Waals surface area contributed by atoms with Crippen LogP contribution < -0.4 is 5.32 Å². The molecule has 4 atom stereocenters. The fraction of sp³-hybridized carbons (Fsp3) is 0.167. The van der Waals surface area contributed by atoms with E-state index in [9.17, 15) is 31.9 Å². The normalized spacial score (nSPS) is 17.6. The number of amides is 1. The van der Waals surface area contributed by atoms with Gasteiger partial charge in [0.05, 0.1) is 18.8 Å². The summed E-state index contributed by atoms with van der Waals surface area (Å²) >= 11 is 1.45. The zero-order valence-electron chi connectivity index (χ0n) is 32.5. The van der Waals surface area contributed by atoms with E-state index in [-0.39, 0.29) is 31.3 Å². The molecule has 1 saturated heterocycles. The van der Waals surface area contributed by atoms with E-state index in [0.29, 0.717) is 39.0 Å². The van der Waals surface area contributed by atoms with Gasteiger partial charge < -0.3 is 24.3 Å². The van der Waals surface area contributed by atoms with E-state index in [2.05, 4.69) is 12.2 Å². The van der Waals surface area contributed by atoms with E-state index >= 15 is 0 Å². The standard InChI is InChI=1S/C48H37F5N2O5S/c1-27-36(26-61-48-55-43(30-10-4-2-5-11-30)45(60-48)31-12-6-3-7-13-31)58-47(59-44(27)32-18-16-28(25-56)17-19-32)33-22-20-29(21-23-33)35-15-9-8-14-34(35)24-54-46(57)37-38(49)40(51)42(53)41(52)39(37)50/h2-23,27,36,44,47,56H,24-26H2,1H3,(H,54,57)/t27-,36+,44+,47+/m0/s1. The number of nitrogens with one attached hydrogen (secondary N) is 1. The van der Waals surface area contributed by atoms with Crippen molar-refractivity contribution in [3.8, 4) is 33.7 Å². The molecule has 1 aliphatic heterocycles. The summed E-state index contributed by atoms with van der Waals surface area (Å²) in [5.74, 6) is -11.6. The Hall–Kier alpha value is -6.12. The molecule has 0 bridgehead atoms. The topological polar surface area (TPSA) is 93.8 Å². The molecule has 1 fully saturated rings. The van der Waals surface area contributed by atoms with Gasteiger partial charge in [0.15, 0.2) is 35.3 Å². The molecule has 8 rings (SSSR count). The van der Waals surface area contributed by atoms with E-state index in [1.54, 1.807) is 24.3 Å². The minimum Gasteiger partial charge on any atom is -0.431 e. The van der Waals surface area contributed by atoms with Gasteiger partial charge in [-0.1, -0.05) is 152 Å².